The zero-order valence-corrected chi connectivity index (χ0v) is 20.7. The molecule has 0 aromatic heterocycles. The smallest absolute Gasteiger partial charge is 0.193 e. The van der Waals surface area contributed by atoms with Gasteiger partial charge in [0.25, 0.3) is 0 Å². The minimum absolute atomic E-state index is 0.0359. The van der Waals surface area contributed by atoms with E-state index < -0.39 is 0 Å². The second-order valence-electron chi connectivity index (χ2n) is 9.14. The lowest BCUT2D eigenvalue weighted by molar-refractivity contribution is 0.103. The van der Waals surface area contributed by atoms with Crippen molar-refractivity contribution in [2.24, 2.45) is 0 Å². The molecule has 6 rings (SSSR count). The highest BCUT2D eigenvalue weighted by Crippen LogP contribution is 2.41. The zero-order valence-electron chi connectivity index (χ0n) is 19.9. The van der Waals surface area contributed by atoms with Crippen LogP contribution in [0.4, 0.5) is 4.39 Å². The first-order valence-electron chi connectivity index (χ1n) is 12.0. The standard InChI is InChI=1S/C33H24FOS/c1-22-7-14-28(15-8-22)36(29-17-12-27(34)13-18-29)30-16-11-25-19-24-9-10-26(20-31(24)32(25)21-30)33(35)23-5-3-2-4-6-23/h2-18,20-21H,19H2,1H3/q+1. The van der Waals surface area contributed by atoms with Crippen LogP contribution in [0.3, 0.4) is 0 Å². The largest absolute Gasteiger partial charge is 0.289 e. The van der Waals surface area contributed by atoms with Crippen LogP contribution in [-0.2, 0) is 17.3 Å². The summed E-state index contributed by atoms with van der Waals surface area (Å²) in [6.07, 6.45) is 0.861. The zero-order chi connectivity index (χ0) is 24.6. The molecule has 0 saturated carbocycles. The van der Waals surface area contributed by atoms with E-state index >= 15 is 0 Å². The average molecular weight is 488 g/mol. The third-order valence-electron chi connectivity index (χ3n) is 6.70. The fraction of sp³-hybridized carbons (Fsp3) is 0.0606. The van der Waals surface area contributed by atoms with Gasteiger partial charge >= 0.3 is 0 Å². The molecule has 1 unspecified atom stereocenters. The maximum Gasteiger partial charge on any atom is 0.193 e. The van der Waals surface area contributed by atoms with Crippen molar-refractivity contribution in [3.63, 3.8) is 0 Å². The summed E-state index contributed by atoms with van der Waals surface area (Å²) in [6.45, 7) is 2.08. The van der Waals surface area contributed by atoms with E-state index in [4.69, 9.17) is 0 Å². The number of hydrogen-bond acceptors (Lipinski definition) is 1. The summed E-state index contributed by atoms with van der Waals surface area (Å²) >= 11 is 0. The van der Waals surface area contributed by atoms with Gasteiger partial charge in [0.1, 0.15) is 5.82 Å². The van der Waals surface area contributed by atoms with Gasteiger partial charge in [-0.2, -0.15) is 0 Å². The molecule has 0 saturated heterocycles. The van der Waals surface area contributed by atoms with E-state index in [0.29, 0.717) is 11.1 Å². The van der Waals surface area contributed by atoms with E-state index in [-0.39, 0.29) is 22.5 Å². The Bertz CT molecular complexity index is 1530. The normalized spacial score (nSPS) is 12.6. The molecule has 1 nitrogen and oxygen atoms in total. The van der Waals surface area contributed by atoms with Gasteiger partial charge in [0.2, 0.25) is 0 Å². The number of aryl methyl sites for hydroxylation is 1. The van der Waals surface area contributed by atoms with Crippen molar-refractivity contribution in [2.45, 2.75) is 28.0 Å². The summed E-state index contributed by atoms with van der Waals surface area (Å²) in [5.41, 5.74) is 7.42. The first-order chi connectivity index (χ1) is 17.6. The molecule has 0 N–H and O–H groups in total. The number of hydrogen-bond donors (Lipinski definition) is 0. The molecule has 1 atom stereocenters. The highest BCUT2D eigenvalue weighted by molar-refractivity contribution is 7.97. The van der Waals surface area contributed by atoms with Gasteiger partial charge in [0, 0.05) is 17.2 Å². The lowest BCUT2D eigenvalue weighted by Crippen LogP contribution is -2.05. The van der Waals surface area contributed by atoms with Gasteiger partial charge in [-0.1, -0.05) is 66.2 Å². The Labute approximate surface area is 213 Å². The molecule has 0 radical (unpaired) electrons. The first-order valence-corrected chi connectivity index (χ1v) is 13.2. The van der Waals surface area contributed by atoms with Gasteiger partial charge < -0.3 is 0 Å². The number of benzene rings is 5. The molecular formula is C33H24FOS+. The van der Waals surface area contributed by atoms with Gasteiger partial charge in [-0.15, -0.1) is 0 Å². The molecule has 3 heteroatoms. The van der Waals surface area contributed by atoms with Crippen LogP contribution in [0.5, 0.6) is 0 Å². The Kier molecular flexibility index (Phi) is 5.79. The highest BCUT2D eigenvalue weighted by Gasteiger charge is 2.31. The van der Waals surface area contributed by atoms with Gasteiger partial charge in [-0.3, -0.25) is 4.79 Å². The monoisotopic (exact) mass is 487 g/mol. The summed E-state index contributed by atoms with van der Waals surface area (Å²) in [6, 6.07) is 37.6. The van der Waals surface area contributed by atoms with Gasteiger partial charge in [-0.25, -0.2) is 4.39 Å². The summed E-state index contributed by atoms with van der Waals surface area (Å²) in [7, 11) is -0.378. The molecule has 36 heavy (non-hydrogen) atoms. The van der Waals surface area contributed by atoms with E-state index in [1.165, 1.54) is 44.2 Å². The Balaban J connectivity index is 1.44. The van der Waals surface area contributed by atoms with E-state index in [0.717, 1.165) is 16.9 Å². The maximum atomic E-state index is 13.8. The van der Waals surface area contributed by atoms with E-state index in [9.17, 15) is 9.18 Å². The van der Waals surface area contributed by atoms with Crippen molar-refractivity contribution < 1.29 is 9.18 Å². The van der Waals surface area contributed by atoms with E-state index in [1.807, 2.05) is 54.6 Å². The first kappa shape index (κ1) is 22.5. The fourth-order valence-electron chi connectivity index (χ4n) is 4.82. The number of fused-ring (bicyclic) bond motifs is 3. The van der Waals surface area contributed by atoms with Crippen LogP contribution in [0.2, 0.25) is 0 Å². The number of rotatable bonds is 5. The molecule has 5 aromatic rings. The lowest BCUT2D eigenvalue weighted by Gasteiger charge is -2.11. The van der Waals surface area contributed by atoms with Crippen molar-refractivity contribution in [1.82, 2.24) is 0 Å². The van der Waals surface area contributed by atoms with Crippen LogP contribution in [0, 0.1) is 12.7 Å². The van der Waals surface area contributed by atoms with Crippen molar-refractivity contribution in [3.8, 4) is 11.1 Å². The molecule has 0 fully saturated rings. The Morgan fingerprint density at radius 1 is 0.639 bits per heavy atom. The van der Waals surface area contributed by atoms with Crippen molar-refractivity contribution in [3.05, 3.63) is 149 Å². The quantitative estimate of drug-likeness (QED) is 0.178. The van der Waals surface area contributed by atoms with Crippen LogP contribution in [0.25, 0.3) is 11.1 Å². The van der Waals surface area contributed by atoms with Crippen LogP contribution >= 0.6 is 0 Å². The maximum absolute atomic E-state index is 13.8. The van der Waals surface area contributed by atoms with Gasteiger partial charge in [0.05, 0.1) is 10.9 Å². The average Bonchev–Trinajstić information content (AvgIpc) is 3.28. The van der Waals surface area contributed by atoms with Crippen LogP contribution < -0.4 is 0 Å². The summed E-state index contributed by atoms with van der Waals surface area (Å²) in [5.74, 6) is -0.196. The van der Waals surface area contributed by atoms with Gasteiger partial charge in [0.15, 0.2) is 20.5 Å². The van der Waals surface area contributed by atoms with Crippen molar-refractivity contribution >= 4 is 16.7 Å². The molecule has 0 aliphatic heterocycles. The third-order valence-corrected chi connectivity index (χ3v) is 8.91. The number of halogens is 1. The molecular weight excluding hydrogens is 463 g/mol. The Hall–Kier alpha value is -3.95. The van der Waals surface area contributed by atoms with Crippen LogP contribution in [0.15, 0.2) is 130 Å². The fourth-order valence-corrected chi connectivity index (χ4v) is 6.90. The molecule has 0 heterocycles. The van der Waals surface area contributed by atoms with Gasteiger partial charge in [-0.05, 0) is 84.1 Å². The predicted molar refractivity (Wildman–Crippen MR) is 144 cm³/mol. The summed E-state index contributed by atoms with van der Waals surface area (Å²) < 4.78 is 13.8. The SMILES string of the molecule is Cc1ccc([S+](c2ccc(F)cc2)c2ccc3c(c2)-c2cc(C(=O)c4ccccc4)ccc2C3)cc1. The minimum atomic E-state index is -0.378. The number of ketones is 1. The second kappa shape index (κ2) is 9.25. The minimum Gasteiger partial charge on any atom is -0.289 e. The molecule has 0 amide bonds. The number of carbonyl (C=O) groups is 1. The molecule has 1 aliphatic carbocycles. The predicted octanol–water partition coefficient (Wildman–Crippen LogP) is 8.03. The van der Waals surface area contributed by atoms with Crippen molar-refractivity contribution in [1.29, 1.82) is 0 Å². The number of carbonyl (C=O) groups excluding carboxylic acids is 1. The van der Waals surface area contributed by atoms with E-state index in [2.05, 4.69) is 55.5 Å². The van der Waals surface area contributed by atoms with Crippen LogP contribution in [-0.4, -0.2) is 5.78 Å². The Morgan fingerprint density at radius 3 is 1.92 bits per heavy atom. The second-order valence-corrected chi connectivity index (χ2v) is 11.2. The molecule has 5 aromatic carbocycles. The molecule has 1 aliphatic rings. The van der Waals surface area contributed by atoms with Crippen molar-refractivity contribution in [2.75, 3.05) is 0 Å². The lowest BCUT2D eigenvalue weighted by atomic mass is 9.98. The summed E-state index contributed by atoms with van der Waals surface area (Å²) in [4.78, 5) is 16.6. The molecule has 0 spiro atoms. The highest BCUT2D eigenvalue weighted by atomic mass is 32.2. The molecule has 174 valence electrons. The third kappa shape index (κ3) is 4.16. The van der Waals surface area contributed by atoms with Crippen LogP contribution in [0.1, 0.15) is 32.6 Å². The topological polar surface area (TPSA) is 17.1 Å². The summed E-state index contributed by atoms with van der Waals surface area (Å²) in [5, 5.41) is 0. The molecule has 0 bridgehead atoms. The Morgan fingerprint density at radius 2 is 1.22 bits per heavy atom. The van der Waals surface area contributed by atoms with E-state index in [1.54, 1.807) is 0 Å².